The second kappa shape index (κ2) is 9.55. The standard InChI is InChI=1S/C24H34N2O2/c1-4-26-16-14-24(27,15-17-26)23(18-25(2)3)21-10-12-22(13-11-21)28-19-20-8-6-5-7-9-20/h5-13,23,27H,4,14-19H2,1-3H3. The summed E-state index contributed by atoms with van der Waals surface area (Å²) >= 11 is 0. The van der Waals surface area contributed by atoms with Crippen LogP contribution >= 0.6 is 0 Å². The number of benzene rings is 2. The fourth-order valence-electron chi connectivity index (χ4n) is 4.09. The summed E-state index contributed by atoms with van der Waals surface area (Å²) in [5.41, 5.74) is 1.70. The van der Waals surface area contributed by atoms with Crippen molar-refractivity contribution in [2.24, 2.45) is 0 Å². The molecule has 0 radical (unpaired) electrons. The molecule has 1 aliphatic rings. The minimum absolute atomic E-state index is 0.102. The van der Waals surface area contributed by atoms with Crippen molar-refractivity contribution in [3.63, 3.8) is 0 Å². The second-order valence-corrected chi connectivity index (χ2v) is 8.20. The van der Waals surface area contributed by atoms with Crippen molar-refractivity contribution in [1.29, 1.82) is 0 Å². The highest BCUT2D eigenvalue weighted by molar-refractivity contribution is 5.32. The molecule has 1 unspecified atom stereocenters. The molecule has 1 N–H and O–H groups in total. The predicted molar refractivity (Wildman–Crippen MR) is 115 cm³/mol. The molecule has 2 aromatic rings. The molecule has 0 amide bonds. The van der Waals surface area contributed by atoms with Gasteiger partial charge in [-0.2, -0.15) is 0 Å². The molecule has 1 aliphatic heterocycles. The van der Waals surface area contributed by atoms with Crippen LogP contribution in [-0.4, -0.2) is 60.8 Å². The lowest BCUT2D eigenvalue weighted by Gasteiger charge is -2.44. The molecule has 1 atom stereocenters. The lowest BCUT2D eigenvalue weighted by atomic mass is 9.75. The zero-order valence-corrected chi connectivity index (χ0v) is 17.5. The summed E-state index contributed by atoms with van der Waals surface area (Å²) in [6.45, 7) is 6.59. The van der Waals surface area contributed by atoms with Gasteiger partial charge in [-0.15, -0.1) is 0 Å². The van der Waals surface area contributed by atoms with Crippen molar-refractivity contribution in [3.8, 4) is 5.75 Å². The first-order chi connectivity index (χ1) is 13.5. The van der Waals surface area contributed by atoms with Crippen molar-refractivity contribution in [3.05, 3.63) is 65.7 Å². The normalized spacial score (nSPS) is 18.2. The van der Waals surface area contributed by atoms with Gasteiger partial charge in [-0.25, -0.2) is 0 Å². The topological polar surface area (TPSA) is 35.9 Å². The van der Waals surface area contributed by atoms with Gasteiger partial charge in [0.2, 0.25) is 0 Å². The van der Waals surface area contributed by atoms with Crippen LogP contribution in [0.1, 0.15) is 36.8 Å². The van der Waals surface area contributed by atoms with E-state index >= 15 is 0 Å². The zero-order chi connectivity index (χ0) is 20.0. The molecule has 4 nitrogen and oxygen atoms in total. The second-order valence-electron chi connectivity index (χ2n) is 8.20. The molecule has 0 spiro atoms. The summed E-state index contributed by atoms with van der Waals surface area (Å²) in [7, 11) is 4.16. The van der Waals surface area contributed by atoms with E-state index in [2.05, 4.69) is 55.1 Å². The van der Waals surface area contributed by atoms with E-state index in [-0.39, 0.29) is 5.92 Å². The number of hydrogen-bond acceptors (Lipinski definition) is 4. The average Bonchev–Trinajstić information content (AvgIpc) is 2.72. The Kier molecular flexibility index (Phi) is 7.11. The number of likely N-dealkylation sites (tertiary alicyclic amines) is 1. The Morgan fingerprint density at radius 1 is 1.04 bits per heavy atom. The molecule has 1 saturated heterocycles. The van der Waals surface area contributed by atoms with Crippen LogP contribution in [-0.2, 0) is 6.61 Å². The molecule has 0 aromatic heterocycles. The number of piperidine rings is 1. The Morgan fingerprint density at radius 2 is 1.68 bits per heavy atom. The van der Waals surface area contributed by atoms with E-state index in [1.54, 1.807) is 0 Å². The summed E-state index contributed by atoms with van der Waals surface area (Å²) < 4.78 is 5.93. The molecule has 4 heteroatoms. The predicted octanol–water partition coefficient (Wildman–Crippen LogP) is 3.76. The third kappa shape index (κ3) is 5.34. The van der Waals surface area contributed by atoms with Crippen molar-refractivity contribution >= 4 is 0 Å². The minimum atomic E-state index is -0.650. The molecule has 0 aliphatic carbocycles. The van der Waals surface area contributed by atoms with E-state index in [0.29, 0.717) is 6.61 Å². The Bertz CT molecular complexity index is 707. The third-order valence-corrected chi connectivity index (χ3v) is 5.90. The van der Waals surface area contributed by atoms with E-state index in [1.165, 1.54) is 5.56 Å². The van der Waals surface area contributed by atoms with Gasteiger partial charge in [0.1, 0.15) is 12.4 Å². The maximum Gasteiger partial charge on any atom is 0.119 e. The fourth-order valence-corrected chi connectivity index (χ4v) is 4.09. The SMILES string of the molecule is CCN1CCC(O)(C(CN(C)C)c2ccc(OCc3ccccc3)cc2)CC1. The van der Waals surface area contributed by atoms with E-state index in [1.807, 2.05) is 30.3 Å². The van der Waals surface area contributed by atoms with Gasteiger partial charge in [0.05, 0.1) is 5.60 Å². The molecule has 0 bridgehead atoms. The molecule has 1 heterocycles. The van der Waals surface area contributed by atoms with Gasteiger partial charge in [-0.3, -0.25) is 0 Å². The Labute approximate surface area is 169 Å². The van der Waals surface area contributed by atoms with Crippen LogP contribution in [0.5, 0.6) is 5.75 Å². The number of aliphatic hydroxyl groups is 1. The molecule has 0 saturated carbocycles. The Hall–Kier alpha value is -1.88. The first kappa shape index (κ1) is 20.8. The first-order valence-corrected chi connectivity index (χ1v) is 10.4. The highest BCUT2D eigenvalue weighted by atomic mass is 16.5. The van der Waals surface area contributed by atoms with Crippen molar-refractivity contribution in [1.82, 2.24) is 9.80 Å². The van der Waals surface area contributed by atoms with E-state index in [9.17, 15) is 5.11 Å². The maximum absolute atomic E-state index is 11.5. The van der Waals surface area contributed by atoms with Crippen LogP contribution in [0.2, 0.25) is 0 Å². The van der Waals surface area contributed by atoms with Gasteiger partial charge < -0.3 is 19.6 Å². The molecule has 2 aromatic carbocycles. The number of nitrogens with zero attached hydrogens (tertiary/aromatic N) is 2. The molecule has 1 fully saturated rings. The van der Waals surface area contributed by atoms with Gasteiger partial charge in [0.25, 0.3) is 0 Å². The number of hydrogen-bond donors (Lipinski definition) is 1. The zero-order valence-electron chi connectivity index (χ0n) is 17.5. The van der Waals surface area contributed by atoms with Gasteiger partial charge in [-0.05, 0) is 56.7 Å². The molecule has 28 heavy (non-hydrogen) atoms. The van der Waals surface area contributed by atoms with Crippen molar-refractivity contribution < 1.29 is 9.84 Å². The highest BCUT2D eigenvalue weighted by Gasteiger charge is 2.40. The van der Waals surface area contributed by atoms with E-state index < -0.39 is 5.60 Å². The van der Waals surface area contributed by atoms with E-state index in [4.69, 9.17) is 4.74 Å². The Balaban J connectivity index is 1.70. The maximum atomic E-state index is 11.5. The van der Waals surface area contributed by atoms with Crippen molar-refractivity contribution in [2.75, 3.05) is 40.3 Å². The lowest BCUT2D eigenvalue weighted by molar-refractivity contribution is -0.0469. The largest absolute Gasteiger partial charge is 0.489 e. The summed E-state index contributed by atoms with van der Waals surface area (Å²) in [4.78, 5) is 4.59. The lowest BCUT2D eigenvalue weighted by Crippen LogP contribution is -2.50. The van der Waals surface area contributed by atoms with Crippen LogP contribution < -0.4 is 4.74 Å². The molecule has 152 valence electrons. The van der Waals surface area contributed by atoms with Gasteiger partial charge in [0.15, 0.2) is 0 Å². The van der Waals surface area contributed by atoms with Gasteiger partial charge in [0, 0.05) is 25.6 Å². The van der Waals surface area contributed by atoms with Crippen LogP contribution in [0.25, 0.3) is 0 Å². The van der Waals surface area contributed by atoms with Crippen molar-refractivity contribution in [2.45, 2.75) is 37.9 Å². The van der Waals surface area contributed by atoms with Crippen LogP contribution in [0.4, 0.5) is 0 Å². The summed E-state index contributed by atoms with van der Waals surface area (Å²) in [6.07, 6.45) is 1.65. The Morgan fingerprint density at radius 3 is 2.25 bits per heavy atom. The molecule has 3 rings (SSSR count). The highest BCUT2D eigenvalue weighted by Crippen LogP contribution is 2.37. The van der Waals surface area contributed by atoms with Gasteiger partial charge >= 0.3 is 0 Å². The first-order valence-electron chi connectivity index (χ1n) is 10.4. The van der Waals surface area contributed by atoms with Crippen LogP contribution in [0.3, 0.4) is 0 Å². The average molecular weight is 383 g/mol. The number of rotatable bonds is 8. The van der Waals surface area contributed by atoms with Crippen LogP contribution in [0.15, 0.2) is 54.6 Å². The van der Waals surface area contributed by atoms with Crippen LogP contribution in [0, 0.1) is 0 Å². The summed E-state index contributed by atoms with van der Waals surface area (Å²) in [5, 5.41) is 11.5. The summed E-state index contributed by atoms with van der Waals surface area (Å²) in [6, 6.07) is 18.5. The third-order valence-electron chi connectivity index (χ3n) is 5.90. The van der Waals surface area contributed by atoms with E-state index in [0.717, 1.165) is 50.3 Å². The molecular formula is C24H34N2O2. The number of likely N-dealkylation sites (N-methyl/N-ethyl adjacent to an activating group) is 1. The monoisotopic (exact) mass is 382 g/mol. The fraction of sp³-hybridized carbons (Fsp3) is 0.500. The quantitative estimate of drug-likeness (QED) is 0.754. The molecular weight excluding hydrogens is 348 g/mol. The number of ether oxygens (including phenoxy) is 1. The summed E-state index contributed by atoms with van der Waals surface area (Å²) in [5.74, 6) is 0.966. The minimum Gasteiger partial charge on any atom is -0.489 e. The smallest absolute Gasteiger partial charge is 0.119 e. The van der Waals surface area contributed by atoms with Gasteiger partial charge in [-0.1, -0.05) is 49.4 Å².